The van der Waals surface area contributed by atoms with Crippen LogP contribution in [0.2, 0.25) is 0 Å². The first-order valence-electron chi connectivity index (χ1n) is 4.63. The van der Waals surface area contributed by atoms with E-state index < -0.39 is 0 Å². The zero-order valence-electron chi connectivity index (χ0n) is 8.81. The summed E-state index contributed by atoms with van der Waals surface area (Å²) in [6.07, 6.45) is 0. The van der Waals surface area contributed by atoms with E-state index in [0.29, 0.717) is 5.56 Å². The molecule has 0 atom stereocenters. The maximum absolute atomic E-state index is 12.0. The fourth-order valence-electron chi connectivity index (χ4n) is 1.29. The molecule has 6 heteroatoms. The summed E-state index contributed by atoms with van der Waals surface area (Å²) in [4.78, 5) is 12.0. The van der Waals surface area contributed by atoms with Gasteiger partial charge in [-0.2, -0.15) is 0 Å². The zero-order chi connectivity index (χ0) is 11.7. The van der Waals surface area contributed by atoms with Gasteiger partial charge in [0.1, 0.15) is 0 Å². The normalized spacial score (nSPS) is 10.4. The molecule has 82 valence electrons. The number of hydrogen-bond donors (Lipinski definition) is 0. The van der Waals surface area contributed by atoms with Crippen molar-refractivity contribution in [3.63, 3.8) is 0 Å². The molecule has 2 rings (SSSR count). The molecule has 0 N–H and O–H groups in total. The summed E-state index contributed by atoms with van der Waals surface area (Å²) in [6, 6.07) is 5.41. The van der Waals surface area contributed by atoms with Crippen molar-refractivity contribution in [3.05, 3.63) is 39.6 Å². The predicted molar refractivity (Wildman–Crippen MR) is 61.1 cm³/mol. The molecule has 0 saturated carbocycles. The third-order valence-corrected chi connectivity index (χ3v) is 3.11. The monoisotopic (exact) mass is 280 g/mol. The molecule has 1 heterocycles. The van der Waals surface area contributed by atoms with Crippen molar-refractivity contribution >= 4 is 21.7 Å². The number of aromatic nitrogens is 4. The first-order chi connectivity index (χ1) is 7.59. The van der Waals surface area contributed by atoms with Gasteiger partial charge in [0.25, 0.3) is 0 Å². The first-order valence-corrected chi connectivity index (χ1v) is 5.42. The Morgan fingerprint density at radius 3 is 2.75 bits per heavy atom. The number of tetrazole rings is 1. The van der Waals surface area contributed by atoms with Gasteiger partial charge in [0, 0.05) is 17.1 Å². The van der Waals surface area contributed by atoms with Crippen molar-refractivity contribution in [2.45, 2.75) is 6.92 Å². The standard InChI is InChI=1S/C10H9BrN4O/c1-6-3-4-7(5-8(6)11)9(16)10-12-13-14-15(10)2/h3-5H,1-2H3. The first kappa shape index (κ1) is 10.9. The van der Waals surface area contributed by atoms with E-state index in [1.54, 1.807) is 19.2 Å². The zero-order valence-corrected chi connectivity index (χ0v) is 10.4. The maximum atomic E-state index is 12.0. The van der Waals surface area contributed by atoms with Gasteiger partial charge in [-0.15, -0.1) is 5.10 Å². The highest BCUT2D eigenvalue weighted by molar-refractivity contribution is 9.10. The third-order valence-electron chi connectivity index (χ3n) is 2.26. The summed E-state index contributed by atoms with van der Waals surface area (Å²) in [5, 5.41) is 10.7. The fourth-order valence-corrected chi connectivity index (χ4v) is 1.66. The Hall–Kier alpha value is -1.56. The minimum Gasteiger partial charge on any atom is -0.285 e. The van der Waals surface area contributed by atoms with Crippen molar-refractivity contribution in [3.8, 4) is 0 Å². The number of aryl methyl sites for hydroxylation is 2. The number of ketones is 1. The van der Waals surface area contributed by atoms with Gasteiger partial charge in [0.05, 0.1) is 0 Å². The second kappa shape index (κ2) is 4.13. The fraction of sp³-hybridized carbons (Fsp3) is 0.200. The average molecular weight is 281 g/mol. The van der Waals surface area contributed by atoms with E-state index in [9.17, 15) is 4.79 Å². The van der Waals surface area contributed by atoms with Crippen LogP contribution in [0, 0.1) is 6.92 Å². The summed E-state index contributed by atoms with van der Waals surface area (Å²) >= 11 is 3.39. The van der Waals surface area contributed by atoms with Gasteiger partial charge in [-0.25, -0.2) is 4.68 Å². The molecule has 0 radical (unpaired) electrons. The highest BCUT2D eigenvalue weighted by Gasteiger charge is 2.16. The summed E-state index contributed by atoms with van der Waals surface area (Å²) in [5.74, 6) is 0.0453. The molecule has 0 aliphatic rings. The van der Waals surface area contributed by atoms with Crippen LogP contribution in [-0.4, -0.2) is 26.0 Å². The maximum Gasteiger partial charge on any atom is 0.231 e. The number of carbonyl (C=O) groups is 1. The predicted octanol–water partition coefficient (Wildman–Crippen LogP) is 1.51. The molecule has 1 aromatic carbocycles. The number of benzene rings is 1. The molecule has 1 aromatic heterocycles. The summed E-state index contributed by atoms with van der Waals surface area (Å²) in [6.45, 7) is 1.96. The Morgan fingerprint density at radius 2 is 2.19 bits per heavy atom. The minimum absolute atomic E-state index is 0.187. The van der Waals surface area contributed by atoms with Crippen LogP contribution in [0.1, 0.15) is 21.7 Å². The van der Waals surface area contributed by atoms with Gasteiger partial charge >= 0.3 is 0 Å². The molecular weight excluding hydrogens is 272 g/mol. The van der Waals surface area contributed by atoms with Crippen molar-refractivity contribution in [1.82, 2.24) is 20.2 Å². The lowest BCUT2D eigenvalue weighted by molar-refractivity contribution is 0.102. The van der Waals surface area contributed by atoms with Crippen LogP contribution in [-0.2, 0) is 7.05 Å². The molecule has 0 aliphatic carbocycles. The topological polar surface area (TPSA) is 60.7 Å². The van der Waals surface area contributed by atoms with Crippen LogP contribution in [0.5, 0.6) is 0 Å². The smallest absolute Gasteiger partial charge is 0.231 e. The number of hydrogen-bond acceptors (Lipinski definition) is 4. The van der Waals surface area contributed by atoms with Crippen molar-refractivity contribution in [1.29, 1.82) is 0 Å². The Kier molecular flexibility index (Phi) is 2.82. The lowest BCUT2D eigenvalue weighted by atomic mass is 10.1. The SMILES string of the molecule is Cc1ccc(C(=O)c2nnnn2C)cc1Br. The highest BCUT2D eigenvalue weighted by atomic mass is 79.9. The van der Waals surface area contributed by atoms with E-state index in [4.69, 9.17) is 0 Å². The Labute approximate surface area is 101 Å². The molecule has 0 bridgehead atoms. The van der Waals surface area contributed by atoms with Crippen LogP contribution in [0.4, 0.5) is 0 Å². The number of carbonyl (C=O) groups excluding carboxylic acids is 1. The van der Waals surface area contributed by atoms with Crippen molar-refractivity contribution in [2.75, 3.05) is 0 Å². The van der Waals surface area contributed by atoms with Crippen LogP contribution in [0.25, 0.3) is 0 Å². The van der Waals surface area contributed by atoms with Gasteiger partial charge in [-0.05, 0) is 29.0 Å². The molecule has 0 unspecified atom stereocenters. The largest absolute Gasteiger partial charge is 0.285 e. The lowest BCUT2D eigenvalue weighted by Crippen LogP contribution is -2.09. The number of rotatable bonds is 2. The number of halogens is 1. The van der Waals surface area contributed by atoms with Crippen LogP contribution < -0.4 is 0 Å². The Balaban J connectivity index is 2.42. The molecule has 5 nitrogen and oxygen atoms in total. The average Bonchev–Trinajstić information content (AvgIpc) is 2.67. The van der Waals surface area contributed by atoms with E-state index in [1.807, 2.05) is 13.0 Å². The van der Waals surface area contributed by atoms with Crippen molar-refractivity contribution < 1.29 is 4.79 Å². The van der Waals surface area contributed by atoms with Crippen LogP contribution in [0.3, 0.4) is 0 Å². The summed E-state index contributed by atoms with van der Waals surface area (Å²) in [7, 11) is 1.64. The molecular formula is C10H9BrN4O. The summed E-state index contributed by atoms with van der Waals surface area (Å²) < 4.78 is 2.25. The molecule has 16 heavy (non-hydrogen) atoms. The molecule has 0 fully saturated rings. The molecule has 2 aromatic rings. The molecule has 0 saturated heterocycles. The van der Waals surface area contributed by atoms with E-state index in [-0.39, 0.29) is 11.6 Å². The summed E-state index contributed by atoms with van der Waals surface area (Å²) in [5.41, 5.74) is 1.64. The van der Waals surface area contributed by atoms with Gasteiger partial charge < -0.3 is 0 Å². The Bertz CT molecular complexity index is 550. The lowest BCUT2D eigenvalue weighted by Gasteiger charge is -2.02. The van der Waals surface area contributed by atoms with Gasteiger partial charge in [0.15, 0.2) is 0 Å². The highest BCUT2D eigenvalue weighted by Crippen LogP contribution is 2.18. The van der Waals surface area contributed by atoms with E-state index >= 15 is 0 Å². The van der Waals surface area contributed by atoms with Crippen molar-refractivity contribution in [2.24, 2.45) is 7.05 Å². The second-order valence-electron chi connectivity index (χ2n) is 3.42. The number of nitrogens with zero attached hydrogens (tertiary/aromatic N) is 4. The van der Waals surface area contributed by atoms with Crippen LogP contribution in [0.15, 0.2) is 22.7 Å². The molecule has 0 spiro atoms. The van der Waals surface area contributed by atoms with Crippen LogP contribution >= 0.6 is 15.9 Å². The van der Waals surface area contributed by atoms with E-state index in [1.165, 1.54) is 4.68 Å². The quantitative estimate of drug-likeness (QED) is 0.783. The third kappa shape index (κ3) is 1.88. The van der Waals surface area contributed by atoms with Gasteiger partial charge in [0.2, 0.25) is 11.6 Å². The Morgan fingerprint density at radius 1 is 1.44 bits per heavy atom. The minimum atomic E-state index is -0.187. The van der Waals surface area contributed by atoms with Gasteiger partial charge in [-0.1, -0.05) is 28.1 Å². The van der Waals surface area contributed by atoms with E-state index in [0.717, 1.165) is 10.0 Å². The second-order valence-corrected chi connectivity index (χ2v) is 4.27. The van der Waals surface area contributed by atoms with Gasteiger partial charge in [-0.3, -0.25) is 4.79 Å². The molecule has 0 amide bonds. The van der Waals surface area contributed by atoms with E-state index in [2.05, 4.69) is 31.5 Å². The molecule has 0 aliphatic heterocycles.